The van der Waals surface area contributed by atoms with Crippen LogP contribution in [0.1, 0.15) is 18.3 Å². The van der Waals surface area contributed by atoms with Gasteiger partial charge in [-0.2, -0.15) is 4.98 Å². The topological polar surface area (TPSA) is 59.9 Å². The highest BCUT2D eigenvalue weighted by atomic mass is 16.5. The molecule has 1 unspecified atom stereocenters. The van der Waals surface area contributed by atoms with Crippen molar-refractivity contribution in [3.05, 3.63) is 11.4 Å². The fourth-order valence-corrected chi connectivity index (χ4v) is 0.996. The lowest BCUT2D eigenvalue weighted by Crippen LogP contribution is -2.27. The van der Waals surface area contributed by atoms with Crippen molar-refractivity contribution in [2.75, 3.05) is 13.6 Å². The van der Waals surface area contributed by atoms with E-state index in [4.69, 9.17) is 4.74 Å². The van der Waals surface area contributed by atoms with E-state index in [9.17, 15) is 0 Å². The minimum atomic E-state index is 0.0453. The van der Waals surface area contributed by atoms with Crippen molar-refractivity contribution in [3.8, 4) is 6.01 Å². The molecule has 0 saturated carbocycles. The average molecular weight is 196 g/mol. The molecule has 0 saturated heterocycles. The Morgan fingerprint density at radius 3 is 2.57 bits per heavy atom. The van der Waals surface area contributed by atoms with Crippen molar-refractivity contribution in [2.24, 2.45) is 0 Å². The lowest BCUT2D eigenvalue weighted by atomic mass is 10.4. The molecule has 0 aliphatic rings. The van der Waals surface area contributed by atoms with Crippen molar-refractivity contribution in [1.82, 2.24) is 20.5 Å². The van der Waals surface area contributed by atoms with Gasteiger partial charge in [-0.05, 0) is 27.8 Å². The highest BCUT2D eigenvalue weighted by Gasteiger charge is 2.06. The molecule has 1 heterocycles. The summed E-state index contributed by atoms with van der Waals surface area (Å²) in [4.78, 5) is 4.17. The molecule has 1 atom stereocenters. The molecule has 0 aliphatic carbocycles. The Balaban J connectivity index is 2.63. The Morgan fingerprint density at radius 1 is 1.29 bits per heavy atom. The predicted molar refractivity (Wildman–Crippen MR) is 53.3 cm³/mol. The first-order chi connectivity index (χ1) is 6.63. The standard InChI is InChI=1S/C9H16N4O/c1-6(5-10-4)14-9-11-7(2)8(3)12-13-9/h6,10H,5H2,1-4H3. The minimum absolute atomic E-state index is 0.0453. The summed E-state index contributed by atoms with van der Waals surface area (Å²) in [6, 6.07) is 0.343. The van der Waals surface area contributed by atoms with Crippen LogP contribution in [-0.2, 0) is 0 Å². The molecular formula is C9H16N4O. The van der Waals surface area contributed by atoms with Gasteiger partial charge in [0.15, 0.2) is 0 Å². The van der Waals surface area contributed by atoms with E-state index in [0.29, 0.717) is 6.01 Å². The second-order valence-corrected chi connectivity index (χ2v) is 3.25. The second-order valence-electron chi connectivity index (χ2n) is 3.25. The van der Waals surface area contributed by atoms with Crippen LogP contribution in [0.4, 0.5) is 0 Å². The Bertz CT molecular complexity index is 303. The first kappa shape index (κ1) is 10.8. The van der Waals surface area contributed by atoms with Gasteiger partial charge in [0.25, 0.3) is 0 Å². The van der Waals surface area contributed by atoms with E-state index in [1.54, 1.807) is 0 Å². The molecule has 0 radical (unpaired) electrons. The molecule has 14 heavy (non-hydrogen) atoms. The van der Waals surface area contributed by atoms with E-state index < -0.39 is 0 Å². The zero-order chi connectivity index (χ0) is 10.6. The Kier molecular flexibility index (Phi) is 3.76. The molecule has 0 aliphatic heterocycles. The van der Waals surface area contributed by atoms with Crippen LogP contribution in [0, 0.1) is 13.8 Å². The van der Waals surface area contributed by atoms with Gasteiger partial charge < -0.3 is 10.1 Å². The summed E-state index contributed by atoms with van der Waals surface area (Å²) in [6.07, 6.45) is 0.0453. The van der Waals surface area contributed by atoms with Gasteiger partial charge in [-0.1, -0.05) is 5.10 Å². The summed E-state index contributed by atoms with van der Waals surface area (Å²) in [6.45, 7) is 6.47. The lowest BCUT2D eigenvalue weighted by molar-refractivity contribution is 0.199. The molecule has 1 aromatic heterocycles. The number of aromatic nitrogens is 3. The van der Waals surface area contributed by atoms with E-state index >= 15 is 0 Å². The third-order valence-electron chi connectivity index (χ3n) is 1.87. The average Bonchev–Trinajstić information content (AvgIpc) is 2.12. The van der Waals surface area contributed by atoms with Gasteiger partial charge in [0.2, 0.25) is 0 Å². The second kappa shape index (κ2) is 4.85. The molecule has 5 nitrogen and oxygen atoms in total. The monoisotopic (exact) mass is 196 g/mol. The number of aryl methyl sites for hydroxylation is 2. The maximum absolute atomic E-state index is 5.44. The fraction of sp³-hybridized carbons (Fsp3) is 0.667. The number of rotatable bonds is 4. The van der Waals surface area contributed by atoms with Gasteiger partial charge in [-0.3, -0.25) is 0 Å². The quantitative estimate of drug-likeness (QED) is 0.758. The van der Waals surface area contributed by atoms with Crippen LogP contribution in [0.15, 0.2) is 0 Å². The summed E-state index contributed by atoms with van der Waals surface area (Å²) >= 11 is 0. The molecule has 1 rings (SSSR count). The molecule has 0 spiro atoms. The van der Waals surface area contributed by atoms with Crippen LogP contribution in [-0.4, -0.2) is 34.9 Å². The van der Waals surface area contributed by atoms with E-state index in [1.807, 2.05) is 27.8 Å². The van der Waals surface area contributed by atoms with Crippen molar-refractivity contribution < 1.29 is 4.74 Å². The highest BCUT2D eigenvalue weighted by molar-refractivity contribution is 5.07. The van der Waals surface area contributed by atoms with Crippen molar-refractivity contribution in [2.45, 2.75) is 26.9 Å². The molecule has 5 heteroatoms. The fourth-order valence-electron chi connectivity index (χ4n) is 0.996. The minimum Gasteiger partial charge on any atom is -0.458 e. The van der Waals surface area contributed by atoms with E-state index in [0.717, 1.165) is 17.9 Å². The van der Waals surface area contributed by atoms with Crippen LogP contribution in [0.25, 0.3) is 0 Å². The summed E-state index contributed by atoms with van der Waals surface area (Å²) in [5.74, 6) is 0. The molecule has 78 valence electrons. The Hall–Kier alpha value is -1.23. The van der Waals surface area contributed by atoms with Gasteiger partial charge in [0.05, 0.1) is 11.4 Å². The van der Waals surface area contributed by atoms with Gasteiger partial charge in [0, 0.05) is 6.54 Å². The van der Waals surface area contributed by atoms with Gasteiger partial charge in [0.1, 0.15) is 6.10 Å². The number of ether oxygens (including phenoxy) is 1. The van der Waals surface area contributed by atoms with Crippen LogP contribution in [0.3, 0.4) is 0 Å². The zero-order valence-corrected chi connectivity index (χ0v) is 9.03. The van der Waals surface area contributed by atoms with Crippen LogP contribution in [0.5, 0.6) is 6.01 Å². The third kappa shape index (κ3) is 2.92. The lowest BCUT2D eigenvalue weighted by Gasteiger charge is -2.12. The SMILES string of the molecule is CNCC(C)Oc1nnc(C)c(C)n1. The molecular weight excluding hydrogens is 180 g/mol. The molecule has 0 aromatic carbocycles. The smallest absolute Gasteiger partial charge is 0.336 e. The summed E-state index contributed by atoms with van der Waals surface area (Å²) < 4.78 is 5.44. The number of hydrogen-bond donors (Lipinski definition) is 1. The molecule has 0 amide bonds. The van der Waals surface area contributed by atoms with Crippen molar-refractivity contribution in [3.63, 3.8) is 0 Å². The predicted octanol–water partition coefficient (Wildman–Crippen LogP) is 0.475. The number of hydrogen-bond acceptors (Lipinski definition) is 5. The Labute approximate surface area is 83.9 Å². The van der Waals surface area contributed by atoms with E-state index in [-0.39, 0.29) is 6.10 Å². The third-order valence-corrected chi connectivity index (χ3v) is 1.87. The normalized spacial score (nSPS) is 12.6. The number of nitrogens with one attached hydrogen (secondary N) is 1. The first-order valence-electron chi connectivity index (χ1n) is 4.62. The molecule has 1 aromatic rings. The van der Waals surface area contributed by atoms with Crippen LogP contribution >= 0.6 is 0 Å². The molecule has 0 bridgehead atoms. The summed E-state index contributed by atoms with van der Waals surface area (Å²) in [5, 5.41) is 10.8. The van der Waals surface area contributed by atoms with Crippen LogP contribution in [0.2, 0.25) is 0 Å². The highest BCUT2D eigenvalue weighted by Crippen LogP contribution is 2.05. The number of likely N-dealkylation sites (N-methyl/N-ethyl adjacent to an activating group) is 1. The maximum atomic E-state index is 5.44. The summed E-state index contributed by atoms with van der Waals surface area (Å²) in [5.41, 5.74) is 1.69. The van der Waals surface area contributed by atoms with E-state index in [1.165, 1.54) is 0 Å². The molecule has 1 N–H and O–H groups in total. The van der Waals surface area contributed by atoms with Crippen molar-refractivity contribution >= 4 is 0 Å². The van der Waals surface area contributed by atoms with E-state index in [2.05, 4.69) is 20.5 Å². The first-order valence-corrected chi connectivity index (χ1v) is 4.62. The van der Waals surface area contributed by atoms with Gasteiger partial charge in [-0.25, -0.2) is 0 Å². The summed E-state index contributed by atoms with van der Waals surface area (Å²) in [7, 11) is 1.87. The maximum Gasteiger partial charge on any atom is 0.336 e. The zero-order valence-electron chi connectivity index (χ0n) is 9.03. The van der Waals surface area contributed by atoms with Crippen molar-refractivity contribution in [1.29, 1.82) is 0 Å². The number of nitrogens with zero attached hydrogens (tertiary/aromatic N) is 3. The van der Waals surface area contributed by atoms with Gasteiger partial charge >= 0.3 is 6.01 Å². The molecule has 0 fully saturated rings. The van der Waals surface area contributed by atoms with Crippen LogP contribution < -0.4 is 10.1 Å². The largest absolute Gasteiger partial charge is 0.458 e. The van der Waals surface area contributed by atoms with Gasteiger partial charge in [-0.15, -0.1) is 5.10 Å². The Morgan fingerprint density at radius 2 is 2.00 bits per heavy atom.